The fraction of sp³-hybridized carbons (Fsp3) is 0.214. The molecular weight excluding hydrogens is 253 g/mol. The topological polar surface area (TPSA) is 38.9 Å². The highest BCUT2D eigenvalue weighted by atomic mass is 19.4. The lowest BCUT2D eigenvalue weighted by molar-refractivity contribution is -0.137. The molecule has 1 atom stereocenters. The highest BCUT2D eigenvalue weighted by Gasteiger charge is 2.30. The van der Waals surface area contributed by atoms with Gasteiger partial charge in [0.1, 0.15) is 0 Å². The van der Waals surface area contributed by atoms with Crippen molar-refractivity contribution in [3.8, 4) is 11.1 Å². The number of hydrogen-bond acceptors (Lipinski definition) is 2. The third-order valence-electron chi connectivity index (χ3n) is 2.78. The van der Waals surface area contributed by atoms with Gasteiger partial charge in [0.2, 0.25) is 0 Å². The van der Waals surface area contributed by atoms with E-state index >= 15 is 0 Å². The van der Waals surface area contributed by atoms with Crippen LogP contribution in [0.15, 0.2) is 42.6 Å². The Morgan fingerprint density at radius 1 is 1.11 bits per heavy atom. The number of hydrogen-bond donors (Lipinski definition) is 1. The van der Waals surface area contributed by atoms with Gasteiger partial charge in [-0.05, 0) is 30.7 Å². The van der Waals surface area contributed by atoms with Crippen molar-refractivity contribution >= 4 is 0 Å². The van der Waals surface area contributed by atoms with Crippen molar-refractivity contribution in [1.82, 2.24) is 4.98 Å². The summed E-state index contributed by atoms with van der Waals surface area (Å²) in [5.41, 5.74) is 6.83. The zero-order valence-electron chi connectivity index (χ0n) is 10.3. The molecule has 2 N–H and O–H groups in total. The van der Waals surface area contributed by atoms with Gasteiger partial charge in [-0.1, -0.05) is 18.2 Å². The van der Waals surface area contributed by atoms with Crippen LogP contribution in [-0.4, -0.2) is 4.98 Å². The number of nitrogens with two attached hydrogens (primary N) is 1. The van der Waals surface area contributed by atoms with Crippen molar-refractivity contribution in [3.63, 3.8) is 0 Å². The Kier molecular flexibility index (Phi) is 3.57. The average molecular weight is 266 g/mol. The Morgan fingerprint density at radius 3 is 2.37 bits per heavy atom. The van der Waals surface area contributed by atoms with Crippen molar-refractivity contribution < 1.29 is 13.2 Å². The van der Waals surface area contributed by atoms with Gasteiger partial charge in [-0.2, -0.15) is 13.2 Å². The molecule has 0 bridgehead atoms. The van der Waals surface area contributed by atoms with Crippen LogP contribution in [0.3, 0.4) is 0 Å². The van der Waals surface area contributed by atoms with E-state index in [-0.39, 0.29) is 6.04 Å². The number of benzene rings is 1. The molecule has 0 unspecified atom stereocenters. The molecule has 2 rings (SSSR count). The smallest absolute Gasteiger partial charge is 0.323 e. The maximum Gasteiger partial charge on any atom is 0.416 e. The van der Waals surface area contributed by atoms with Gasteiger partial charge in [0, 0.05) is 17.8 Å². The molecule has 2 nitrogen and oxygen atoms in total. The van der Waals surface area contributed by atoms with Crippen LogP contribution in [0.5, 0.6) is 0 Å². The van der Waals surface area contributed by atoms with E-state index in [0.717, 1.165) is 12.1 Å². The fourth-order valence-electron chi connectivity index (χ4n) is 1.72. The SMILES string of the molecule is C[C@H](N)c1ccc(-c2cccc(C(F)(F)F)c2)cn1. The molecule has 1 aromatic carbocycles. The largest absolute Gasteiger partial charge is 0.416 e. The highest BCUT2D eigenvalue weighted by molar-refractivity contribution is 5.63. The van der Waals surface area contributed by atoms with Crippen LogP contribution in [0.2, 0.25) is 0 Å². The highest BCUT2D eigenvalue weighted by Crippen LogP contribution is 2.32. The first-order chi connectivity index (χ1) is 8.88. The average Bonchev–Trinajstić information content (AvgIpc) is 2.38. The minimum atomic E-state index is -4.34. The third-order valence-corrected chi connectivity index (χ3v) is 2.78. The van der Waals surface area contributed by atoms with Gasteiger partial charge >= 0.3 is 6.18 Å². The van der Waals surface area contributed by atoms with Gasteiger partial charge in [-0.25, -0.2) is 0 Å². The number of nitrogens with zero attached hydrogens (tertiary/aromatic N) is 1. The second-order valence-corrected chi connectivity index (χ2v) is 4.34. The van der Waals surface area contributed by atoms with Crippen molar-refractivity contribution in [3.05, 3.63) is 53.9 Å². The van der Waals surface area contributed by atoms with E-state index in [1.807, 2.05) is 0 Å². The van der Waals surface area contributed by atoms with Crippen LogP contribution in [0.25, 0.3) is 11.1 Å². The molecular formula is C14H13F3N2. The minimum absolute atomic E-state index is 0.199. The maximum atomic E-state index is 12.6. The molecule has 2 aromatic rings. The Morgan fingerprint density at radius 2 is 1.84 bits per heavy atom. The predicted molar refractivity (Wildman–Crippen MR) is 67.3 cm³/mol. The summed E-state index contributed by atoms with van der Waals surface area (Å²) in [4.78, 5) is 4.14. The summed E-state index contributed by atoms with van der Waals surface area (Å²) < 4.78 is 37.9. The summed E-state index contributed by atoms with van der Waals surface area (Å²) in [6, 6.07) is 8.42. The summed E-state index contributed by atoms with van der Waals surface area (Å²) >= 11 is 0. The van der Waals surface area contributed by atoms with Crippen molar-refractivity contribution in [1.29, 1.82) is 0 Å². The quantitative estimate of drug-likeness (QED) is 0.898. The van der Waals surface area contributed by atoms with Gasteiger partial charge in [-0.3, -0.25) is 4.98 Å². The lowest BCUT2D eigenvalue weighted by Crippen LogP contribution is -2.07. The number of alkyl halides is 3. The Labute approximate surface area is 109 Å². The summed E-state index contributed by atoms with van der Waals surface area (Å²) in [6.07, 6.45) is -2.80. The minimum Gasteiger partial charge on any atom is -0.323 e. The van der Waals surface area contributed by atoms with Gasteiger partial charge in [-0.15, -0.1) is 0 Å². The molecule has 0 spiro atoms. The van der Waals surface area contributed by atoms with Crippen molar-refractivity contribution in [2.75, 3.05) is 0 Å². The molecule has 0 fully saturated rings. The first kappa shape index (κ1) is 13.5. The number of pyridine rings is 1. The van der Waals surface area contributed by atoms with Crippen LogP contribution in [-0.2, 0) is 6.18 Å². The normalized spacial score (nSPS) is 13.3. The lowest BCUT2D eigenvalue weighted by Gasteiger charge is -2.09. The third kappa shape index (κ3) is 3.12. The van der Waals surface area contributed by atoms with Crippen molar-refractivity contribution in [2.24, 2.45) is 5.73 Å². The first-order valence-electron chi connectivity index (χ1n) is 5.77. The van der Waals surface area contributed by atoms with E-state index in [1.165, 1.54) is 12.3 Å². The summed E-state index contributed by atoms with van der Waals surface area (Å²) in [6.45, 7) is 1.80. The van der Waals surface area contributed by atoms with Crippen molar-refractivity contribution in [2.45, 2.75) is 19.1 Å². The summed E-state index contributed by atoms with van der Waals surface area (Å²) in [5.74, 6) is 0. The monoisotopic (exact) mass is 266 g/mol. The molecule has 1 aromatic heterocycles. The molecule has 0 amide bonds. The predicted octanol–water partition coefficient (Wildman–Crippen LogP) is 3.79. The molecule has 0 aliphatic carbocycles. The van der Waals surface area contributed by atoms with E-state index in [9.17, 15) is 13.2 Å². The summed E-state index contributed by atoms with van der Waals surface area (Å²) in [7, 11) is 0. The number of halogens is 3. The molecule has 5 heteroatoms. The Hall–Kier alpha value is -1.88. The second-order valence-electron chi connectivity index (χ2n) is 4.34. The maximum absolute atomic E-state index is 12.6. The molecule has 0 aliphatic heterocycles. The zero-order chi connectivity index (χ0) is 14.0. The standard InChI is InChI=1S/C14H13F3N2/c1-9(18)13-6-5-11(8-19-13)10-3-2-4-12(7-10)14(15,16)17/h2-9H,18H2,1H3/t9-/m0/s1. The van der Waals surface area contributed by atoms with E-state index in [4.69, 9.17) is 5.73 Å². The Balaban J connectivity index is 2.37. The molecule has 0 radical (unpaired) electrons. The van der Waals surface area contributed by atoms with Gasteiger partial charge < -0.3 is 5.73 Å². The van der Waals surface area contributed by atoms with Crippen LogP contribution < -0.4 is 5.73 Å². The van der Waals surface area contributed by atoms with Crippen LogP contribution >= 0.6 is 0 Å². The van der Waals surface area contributed by atoms with E-state index in [1.54, 1.807) is 25.1 Å². The fourth-order valence-corrected chi connectivity index (χ4v) is 1.72. The van der Waals surface area contributed by atoms with Gasteiger partial charge in [0.25, 0.3) is 0 Å². The molecule has 0 saturated heterocycles. The molecule has 1 heterocycles. The molecule has 0 aliphatic rings. The number of rotatable bonds is 2. The zero-order valence-corrected chi connectivity index (χ0v) is 10.3. The lowest BCUT2D eigenvalue weighted by atomic mass is 10.0. The van der Waals surface area contributed by atoms with Crippen LogP contribution in [0.4, 0.5) is 13.2 Å². The molecule has 100 valence electrons. The second kappa shape index (κ2) is 5.01. The van der Waals surface area contributed by atoms with Crippen LogP contribution in [0.1, 0.15) is 24.2 Å². The number of aromatic nitrogens is 1. The van der Waals surface area contributed by atoms with E-state index in [0.29, 0.717) is 16.8 Å². The van der Waals surface area contributed by atoms with Gasteiger partial charge in [0.15, 0.2) is 0 Å². The van der Waals surface area contributed by atoms with Crippen LogP contribution in [0, 0.1) is 0 Å². The van der Waals surface area contributed by atoms with E-state index < -0.39 is 11.7 Å². The van der Waals surface area contributed by atoms with E-state index in [2.05, 4.69) is 4.98 Å². The molecule has 0 saturated carbocycles. The first-order valence-corrected chi connectivity index (χ1v) is 5.77. The Bertz CT molecular complexity index is 560. The summed E-state index contributed by atoms with van der Waals surface area (Å²) in [5, 5.41) is 0. The molecule has 19 heavy (non-hydrogen) atoms. The van der Waals surface area contributed by atoms with Gasteiger partial charge in [0.05, 0.1) is 11.3 Å².